The van der Waals surface area contributed by atoms with Crippen LogP contribution in [-0.4, -0.2) is 11.8 Å². The SMILES string of the molecule is O=C([O-])c1ccc(C(=O)/C=C/c2ccc(F)c(Br)c2)s1. The van der Waals surface area contributed by atoms with Gasteiger partial charge in [-0.15, -0.1) is 11.3 Å². The molecule has 0 aliphatic heterocycles. The first-order valence-electron chi connectivity index (χ1n) is 5.46. The van der Waals surface area contributed by atoms with Gasteiger partial charge >= 0.3 is 0 Å². The number of carbonyl (C=O) groups is 2. The van der Waals surface area contributed by atoms with Crippen LogP contribution in [0.3, 0.4) is 0 Å². The van der Waals surface area contributed by atoms with E-state index in [9.17, 15) is 19.1 Å². The molecule has 1 aromatic carbocycles. The van der Waals surface area contributed by atoms with Crippen LogP contribution in [0.5, 0.6) is 0 Å². The predicted molar refractivity (Wildman–Crippen MR) is 76.1 cm³/mol. The van der Waals surface area contributed by atoms with E-state index >= 15 is 0 Å². The zero-order valence-corrected chi connectivity index (χ0v) is 12.3. The van der Waals surface area contributed by atoms with Crippen molar-refractivity contribution in [2.24, 2.45) is 0 Å². The Kier molecular flexibility index (Phi) is 4.46. The number of hydrogen-bond donors (Lipinski definition) is 0. The first kappa shape index (κ1) is 14.6. The number of carboxylic acid groups (broad SMARTS) is 1. The number of carbonyl (C=O) groups excluding carboxylic acids is 2. The number of allylic oxidation sites excluding steroid dienone is 1. The predicted octanol–water partition coefficient (Wildman–Crippen LogP) is 2.91. The zero-order valence-electron chi connectivity index (χ0n) is 9.93. The largest absolute Gasteiger partial charge is 0.544 e. The van der Waals surface area contributed by atoms with Gasteiger partial charge < -0.3 is 9.90 Å². The van der Waals surface area contributed by atoms with Crippen molar-refractivity contribution in [3.8, 4) is 0 Å². The van der Waals surface area contributed by atoms with Gasteiger partial charge in [-0.2, -0.15) is 0 Å². The van der Waals surface area contributed by atoms with E-state index in [0.717, 1.165) is 11.3 Å². The summed E-state index contributed by atoms with van der Waals surface area (Å²) in [5.74, 6) is -2.01. The average Bonchev–Trinajstić information content (AvgIpc) is 2.89. The van der Waals surface area contributed by atoms with Crippen molar-refractivity contribution in [2.45, 2.75) is 0 Å². The number of thiophene rings is 1. The summed E-state index contributed by atoms with van der Waals surface area (Å²) in [6.45, 7) is 0. The Hall–Kier alpha value is -1.79. The lowest BCUT2D eigenvalue weighted by Gasteiger charge is -1.96. The molecule has 0 spiro atoms. The lowest BCUT2D eigenvalue weighted by Crippen LogP contribution is -2.20. The third-order valence-electron chi connectivity index (χ3n) is 2.42. The number of ketones is 1. The van der Waals surface area contributed by atoms with E-state index in [-0.39, 0.29) is 16.5 Å². The molecule has 2 rings (SSSR count). The van der Waals surface area contributed by atoms with Crippen molar-refractivity contribution in [3.63, 3.8) is 0 Å². The van der Waals surface area contributed by atoms with Gasteiger partial charge in [0.05, 0.1) is 20.2 Å². The van der Waals surface area contributed by atoms with Crippen LogP contribution < -0.4 is 5.11 Å². The quantitative estimate of drug-likeness (QED) is 0.627. The lowest BCUT2D eigenvalue weighted by molar-refractivity contribution is -0.254. The topological polar surface area (TPSA) is 57.2 Å². The molecule has 0 saturated carbocycles. The summed E-state index contributed by atoms with van der Waals surface area (Å²) >= 11 is 3.91. The molecule has 3 nitrogen and oxygen atoms in total. The fourth-order valence-corrected chi connectivity index (χ4v) is 2.61. The number of aromatic carboxylic acids is 1. The van der Waals surface area contributed by atoms with Gasteiger partial charge in [0.2, 0.25) is 0 Å². The van der Waals surface area contributed by atoms with Crippen LogP contribution >= 0.6 is 27.3 Å². The second-order valence-corrected chi connectivity index (χ2v) is 5.76. The van der Waals surface area contributed by atoms with Crippen LogP contribution in [0, 0.1) is 5.82 Å². The van der Waals surface area contributed by atoms with E-state index in [2.05, 4.69) is 15.9 Å². The minimum Gasteiger partial charge on any atom is -0.544 e. The molecule has 0 atom stereocenters. The van der Waals surface area contributed by atoms with Gasteiger partial charge in [0, 0.05) is 0 Å². The molecule has 0 saturated heterocycles. The molecular formula is C14H7BrFO3S-. The average molecular weight is 354 g/mol. The summed E-state index contributed by atoms with van der Waals surface area (Å²) in [5, 5.41) is 10.6. The standard InChI is InChI=1S/C14H8BrFO3S/c15-9-7-8(1-3-10(9)16)2-4-11(17)12-5-6-13(20-12)14(18)19/h1-7H,(H,18,19)/p-1/b4-2+. The smallest absolute Gasteiger partial charge is 0.195 e. The molecule has 0 unspecified atom stereocenters. The Morgan fingerprint density at radius 3 is 2.50 bits per heavy atom. The van der Waals surface area contributed by atoms with Gasteiger partial charge in [0.15, 0.2) is 5.78 Å². The molecule has 0 aliphatic carbocycles. The molecule has 0 fully saturated rings. The second-order valence-electron chi connectivity index (χ2n) is 3.82. The summed E-state index contributed by atoms with van der Waals surface area (Å²) < 4.78 is 13.4. The molecule has 1 heterocycles. The van der Waals surface area contributed by atoms with Crippen molar-refractivity contribution in [1.82, 2.24) is 0 Å². The molecule has 0 radical (unpaired) electrons. The fraction of sp³-hybridized carbons (Fsp3) is 0. The lowest BCUT2D eigenvalue weighted by atomic mass is 10.2. The highest BCUT2D eigenvalue weighted by Gasteiger charge is 2.07. The van der Waals surface area contributed by atoms with E-state index in [1.54, 1.807) is 6.07 Å². The van der Waals surface area contributed by atoms with Crippen molar-refractivity contribution < 1.29 is 19.1 Å². The van der Waals surface area contributed by atoms with Crippen LogP contribution in [0.4, 0.5) is 4.39 Å². The van der Waals surface area contributed by atoms with Crippen LogP contribution in [0.2, 0.25) is 0 Å². The highest BCUT2D eigenvalue weighted by molar-refractivity contribution is 9.10. The maximum absolute atomic E-state index is 13.0. The van der Waals surface area contributed by atoms with E-state index in [1.165, 1.54) is 36.4 Å². The first-order chi connectivity index (χ1) is 9.47. The normalized spacial score (nSPS) is 10.9. The molecule has 0 bridgehead atoms. The zero-order chi connectivity index (χ0) is 14.7. The Balaban J connectivity index is 2.15. The molecule has 0 N–H and O–H groups in total. The molecule has 0 amide bonds. The van der Waals surface area contributed by atoms with Gasteiger partial charge in [-0.25, -0.2) is 4.39 Å². The Morgan fingerprint density at radius 2 is 1.90 bits per heavy atom. The fourth-order valence-electron chi connectivity index (χ4n) is 1.45. The van der Waals surface area contributed by atoms with Crippen LogP contribution in [-0.2, 0) is 0 Å². The first-order valence-corrected chi connectivity index (χ1v) is 7.07. The molecule has 102 valence electrons. The monoisotopic (exact) mass is 353 g/mol. The van der Waals surface area contributed by atoms with Crippen LogP contribution in [0.25, 0.3) is 6.08 Å². The van der Waals surface area contributed by atoms with Gasteiger partial charge in [0.25, 0.3) is 0 Å². The third-order valence-corrected chi connectivity index (χ3v) is 4.11. The third kappa shape index (κ3) is 3.40. The van der Waals surface area contributed by atoms with Crippen molar-refractivity contribution in [1.29, 1.82) is 0 Å². The van der Waals surface area contributed by atoms with E-state index < -0.39 is 5.97 Å². The maximum Gasteiger partial charge on any atom is 0.195 e. The Morgan fingerprint density at radius 1 is 1.20 bits per heavy atom. The van der Waals surface area contributed by atoms with Crippen molar-refractivity contribution >= 4 is 45.1 Å². The van der Waals surface area contributed by atoms with Crippen LogP contribution in [0.15, 0.2) is 40.9 Å². The highest BCUT2D eigenvalue weighted by Crippen LogP contribution is 2.19. The number of hydrogen-bond acceptors (Lipinski definition) is 4. The minimum atomic E-state index is -1.31. The highest BCUT2D eigenvalue weighted by atomic mass is 79.9. The summed E-state index contributed by atoms with van der Waals surface area (Å²) in [6.07, 6.45) is 2.84. The van der Waals surface area contributed by atoms with E-state index in [0.29, 0.717) is 14.9 Å². The Labute approximate surface area is 126 Å². The molecule has 1 aromatic heterocycles. The Bertz CT molecular complexity index is 706. The van der Waals surface area contributed by atoms with E-state index in [4.69, 9.17) is 0 Å². The van der Waals surface area contributed by atoms with Gasteiger partial charge in [-0.1, -0.05) is 12.1 Å². The number of benzene rings is 1. The van der Waals surface area contributed by atoms with Gasteiger partial charge in [0.1, 0.15) is 5.82 Å². The number of rotatable bonds is 4. The van der Waals surface area contributed by atoms with Gasteiger partial charge in [-0.3, -0.25) is 4.79 Å². The van der Waals surface area contributed by atoms with Gasteiger partial charge in [-0.05, 0) is 51.8 Å². The van der Waals surface area contributed by atoms with E-state index in [1.807, 2.05) is 0 Å². The van der Waals surface area contributed by atoms with Crippen molar-refractivity contribution in [2.75, 3.05) is 0 Å². The van der Waals surface area contributed by atoms with Crippen molar-refractivity contribution in [3.05, 3.63) is 62.0 Å². The summed E-state index contributed by atoms with van der Waals surface area (Å²) in [6, 6.07) is 7.12. The van der Waals surface area contributed by atoms with Crippen LogP contribution in [0.1, 0.15) is 24.9 Å². The molecule has 6 heteroatoms. The molecule has 20 heavy (non-hydrogen) atoms. The summed E-state index contributed by atoms with van der Waals surface area (Å²) in [5.41, 5.74) is 0.656. The second kappa shape index (κ2) is 6.11. The maximum atomic E-state index is 13.0. The number of carboxylic acids is 1. The summed E-state index contributed by atoms with van der Waals surface area (Å²) in [7, 11) is 0. The molecule has 2 aromatic rings. The molecular weight excluding hydrogens is 347 g/mol. The molecule has 0 aliphatic rings. The minimum absolute atomic E-state index is 0.00581. The number of halogens is 2. The summed E-state index contributed by atoms with van der Waals surface area (Å²) in [4.78, 5) is 22.8.